The molecule has 1 N–H and O–H groups in total. The van der Waals surface area contributed by atoms with Gasteiger partial charge in [-0.1, -0.05) is 24.4 Å². The molecular formula is C11H11F2NOS. The number of alkyl halides is 2. The third-order valence-electron chi connectivity index (χ3n) is 1.70. The van der Waals surface area contributed by atoms with Crippen LogP contribution in [0, 0.1) is 0 Å². The second-order valence-electron chi connectivity index (χ2n) is 3.14. The quantitative estimate of drug-likeness (QED) is 0.647. The Kier molecular flexibility index (Phi) is 4.49. The fourth-order valence-electron chi connectivity index (χ4n) is 0.988. The van der Waals surface area contributed by atoms with Crippen LogP contribution in [0.2, 0.25) is 0 Å². The molecule has 0 heterocycles. The Morgan fingerprint density at radius 2 is 2.19 bits per heavy atom. The van der Waals surface area contributed by atoms with Crippen LogP contribution in [0.15, 0.2) is 41.3 Å². The van der Waals surface area contributed by atoms with E-state index in [2.05, 4.69) is 11.9 Å². The van der Waals surface area contributed by atoms with Crippen LogP contribution < -0.4 is 5.32 Å². The van der Waals surface area contributed by atoms with Crippen molar-refractivity contribution in [3.05, 3.63) is 36.4 Å². The highest BCUT2D eigenvalue weighted by Gasteiger charge is 2.07. The van der Waals surface area contributed by atoms with Crippen LogP contribution in [-0.2, 0) is 4.79 Å². The molecule has 1 aromatic rings. The maximum atomic E-state index is 12.1. The maximum Gasteiger partial charge on any atom is 0.288 e. The van der Waals surface area contributed by atoms with E-state index in [1.54, 1.807) is 25.1 Å². The Morgan fingerprint density at radius 1 is 1.50 bits per heavy atom. The number of carbonyl (C=O) groups is 1. The number of rotatable bonds is 4. The lowest BCUT2D eigenvalue weighted by atomic mass is 10.3. The molecule has 1 aromatic carbocycles. The van der Waals surface area contributed by atoms with Crippen molar-refractivity contribution in [2.75, 3.05) is 5.32 Å². The summed E-state index contributed by atoms with van der Waals surface area (Å²) in [5.41, 5.74) is 0.852. The van der Waals surface area contributed by atoms with Gasteiger partial charge in [-0.15, -0.1) is 0 Å². The van der Waals surface area contributed by atoms with Crippen LogP contribution in [-0.4, -0.2) is 11.7 Å². The number of amides is 1. The number of nitrogens with one attached hydrogen (secondary N) is 1. The van der Waals surface area contributed by atoms with Crippen molar-refractivity contribution in [2.24, 2.45) is 0 Å². The van der Waals surface area contributed by atoms with Gasteiger partial charge in [0.25, 0.3) is 11.7 Å². The number of benzene rings is 1. The molecule has 0 bridgehead atoms. The molecule has 2 nitrogen and oxygen atoms in total. The predicted octanol–water partition coefficient (Wildman–Crippen LogP) is 3.52. The predicted molar refractivity (Wildman–Crippen MR) is 61.7 cm³/mol. The lowest BCUT2D eigenvalue weighted by Crippen LogP contribution is -2.11. The van der Waals surface area contributed by atoms with E-state index in [-0.39, 0.29) is 5.91 Å². The molecule has 0 aromatic heterocycles. The van der Waals surface area contributed by atoms with Crippen molar-refractivity contribution < 1.29 is 13.6 Å². The normalized spacial score (nSPS) is 10.2. The van der Waals surface area contributed by atoms with Gasteiger partial charge in [0.1, 0.15) is 0 Å². The van der Waals surface area contributed by atoms with Crippen molar-refractivity contribution in [3.63, 3.8) is 0 Å². The fourth-order valence-corrected chi connectivity index (χ4v) is 1.55. The van der Waals surface area contributed by atoms with Crippen LogP contribution in [0.5, 0.6) is 0 Å². The molecule has 0 spiro atoms. The zero-order valence-electron chi connectivity index (χ0n) is 8.67. The standard InChI is InChI=1S/C11H11F2NOS/c1-7(2)10(15)14-8-4-3-5-9(6-8)16-11(12)13/h3-6,11H,1H2,2H3,(H,14,15). The summed E-state index contributed by atoms with van der Waals surface area (Å²) in [5.74, 6) is -2.79. The first-order valence-corrected chi connectivity index (χ1v) is 5.38. The monoisotopic (exact) mass is 243 g/mol. The van der Waals surface area contributed by atoms with Gasteiger partial charge >= 0.3 is 0 Å². The summed E-state index contributed by atoms with van der Waals surface area (Å²) >= 11 is 0.441. The van der Waals surface area contributed by atoms with Gasteiger partial charge in [-0.05, 0) is 25.1 Å². The van der Waals surface area contributed by atoms with Gasteiger partial charge in [0, 0.05) is 16.2 Å². The minimum absolute atomic E-state index is 0.320. The van der Waals surface area contributed by atoms with Crippen LogP contribution in [0.1, 0.15) is 6.92 Å². The third kappa shape index (κ3) is 4.02. The van der Waals surface area contributed by atoms with Crippen molar-refractivity contribution in [3.8, 4) is 0 Å². The van der Waals surface area contributed by atoms with Crippen molar-refractivity contribution in [1.29, 1.82) is 0 Å². The Hall–Kier alpha value is -1.36. The minimum Gasteiger partial charge on any atom is -0.322 e. The molecule has 0 atom stereocenters. The molecule has 0 aliphatic carbocycles. The maximum absolute atomic E-state index is 12.1. The second kappa shape index (κ2) is 5.65. The van der Waals surface area contributed by atoms with E-state index in [0.717, 1.165) is 0 Å². The van der Waals surface area contributed by atoms with E-state index in [0.29, 0.717) is 27.9 Å². The molecule has 0 unspecified atom stereocenters. The van der Waals surface area contributed by atoms with E-state index in [1.165, 1.54) is 6.07 Å². The summed E-state index contributed by atoms with van der Waals surface area (Å²) in [5, 5.41) is 2.56. The Morgan fingerprint density at radius 3 is 2.75 bits per heavy atom. The third-order valence-corrected chi connectivity index (χ3v) is 2.41. The Bertz CT molecular complexity index is 407. The van der Waals surface area contributed by atoms with Crippen LogP contribution in [0.3, 0.4) is 0 Å². The van der Waals surface area contributed by atoms with Crippen LogP contribution in [0.25, 0.3) is 0 Å². The summed E-state index contributed by atoms with van der Waals surface area (Å²) in [6.45, 7) is 5.06. The molecule has 0 aliphatic rings. The first kappa shape index (κ1) is 12.7. The number of thioether (sulfide) groups is 1. The number of anilines is 1. The van der Waals surface area contributed by atoms with E-state index < -0.39 is 5.76 Å². The molecule has 5 heteroatoms. The summed E-state index contributed by atoms with van der Waals surface area (Å²) in [4.78, 5) is 11.7. The van der Waals surface area contributed by atoms with Gasteiger partial charge in [-0.2, -0.15) is 8.78 Å². The zero-order valence-corrected chi connectivity index (χ0v) is 9.48. The molecule has 1 amide bonds. The van der Waals surface area contributed by atoms with E-state index in [9.17, 15) is 13.6 Å². The SMILES string of the molecule is C=C(C)C(=O)Nc1cccc(SC(F)F)c1. The van der Waals surface area contributed by atoms with E-state index >= 15 is 0 Å². The topological polar surface area (TPSA) is 29.1 Å². The summed E-state index contributed by atoms with van der Waals surface area (Å²) < 4.78 is 24.2. The highest BCUT2D eigenvalue weighted by atomic mass is 32.2. The molecule has 0 radical (unpaired) electrons. The molecule has 0 fully saturated rings. The summed E-state index contributed by atoms with van der Waals surface area (Å²) in [7, 11) is 0. The first-order chi connectivity index (χ1) is 7.49. The molecule has 16 heavy (non-hydrogen) atoms. The Labute approximate surface area is 96.7 Å². The molecule has 0 saturated heterocycles. The highest BCUT2D eigenvalue weighted by molar-refractivity contribution is 7.99. The molecule has 0 aliphatic heterocycles. The first-order valence-electron chi connectivity index (χ1n) is 4.51. The van der Waals surface area contributed by atoms with Gasteiger partial charge in [0.2, 0.25) is 0 Å². The van der Waals surface area contributed by atoms with Gasteiger partial charge in [0.15, 0.2) is 0 Å². The minimum atomic E-state index is -2.47. The number of halogens is 2. The van der Waals surface area contributed by atoms with Gasteiger partial charge in [0.05, 0.1) is 0 Å². The smallest absolute Gasteiger partial charge is 0.288 e. The van der Waals surface area contributed by atoms with Gasteiger partial charge in [-0.3, -0.25) is 4.79 Å². The number of carbonyl (C=O) groups excluding carboxylic acids is 1. The largest absolute Gasteiger partial charge is 0.322 e. The average Bonchev–Trinajstić information content (AvgIpc) is 2.16. The molecule has 0 saturated carbocycles. The van der Waals surface area contributed by atoms with Crippen LogP contribution in [0.4, 0.5) is 14.5 Å². The number of hydrogen-bond acceptors (Lipinski definition) is 2. The molecular weight excluding hydrogens is 232 g/mol. The molecule has 1 rings (SSSR count). The lowest BCUT2D eigenvalue weighted by molar-refractivity contribution is -0.112. The lowest BCUT2D eigenvalue weighted by Gasteiger charge is -2.06. The average molecular weight is 243 g/mol. The van der Waals surface area contributed by atoms with Crippen molar-refractivity contribution in [1.82, 2.24) is 0 Å². The van der Waals surface area contributed by atoms with Gasteiger partial charge < -0.3 is 5.32 Å². The Balaban J connectivity index is 2.74. The van der Waals surface area contributed by atoms with E-state index in [4.69, 9.17) is 0 Å². The number of hydrogen-bond donors (Lipinski definition) is 1. The van der Waals surface area contributed by atoms with Crippen molar-refractivity contribution >= 4 is 23.4 Å². The van der Waals surface area contributed by atoms with Crippen molar-refractivity contribution in [2.45, 2.75) is 17.6 Å². The van der Waals surface area contributed by atoms with Crippen LogP contribution >= 0.6 is 11.8 Å². The fraction of sp³-hybridized carbons (Fsp3) is 0.182. The highest BCUT2D eigenvalue weighted by Crippen LogP contribution is 2.27. The summed E-state index contributed by atoms with van der Waals surface area (Å²) in [6, 6.07) is 6.31. The summed E-state index contributed by atoms with van der Waals surface area (Å²) in [6.07, 6.45) is 0. The van der Waals surface area contributed by atoms with Gasteiger partial charge in [-0.25, -0.2) is 0 Å². The molecule has 86 valence electrons. The second-order valence-corrected chi connectivity index (χ2v) is 4.20. The zero-order chi connectivity index (χ0) is 12.1. The van der Waals surface area contributed by atoms with E-state index in [1.807, 2.05) is 0 Å².